The number of halogens is 2. The van der Waals surface area contributed by atoms with Gasteiger partial charge in [0.25, 0.3) is 5.91 Å². The average molecular weight is 382 g/mol. The van der Waals surface area contributed by atoms with Crippen molar-refractivity contribution in [2.75, 3.05) is 19.8 Å². The second-order valence-electron chi connectivity index (χ2n) is 3.85. The van der Waals surface area contributed by atoms with Gasteiger partial charge in [-0.25, -0.2) is 0 Å². The van der Waals surface area contributed by atoms with Crippen molar-refractivity contribution in [3.63, 3.8) is 0 Å². The van der Waals surface area contributed by atoms with Gasteiger partial charge in [0.15, 0.2) is 0 Å². The van der Waals surface area contributed by atoms with Crippen molar-refractivity contribution in [2.24, 2.45) is 0 Å². The van der Waals surface area contributed by atoms with E-state index in [4.69, 9.17) is 16.3 Å². The standard InChI is InChI=1S/C13H17ClINO2/c1-2-3-7-18-8-6-16-13(17)10-4-5-12(15)11(14)9-10/h4-5,9H,2-3,6-8H2,1H3,(H,16,17). The van der Waals surface area contributed by atoms with Crippen molar-refractivity contribution in [3.05, 3.63) is 32.4 Å². The van der Waals surface area contributed by atoms with Crippen LogP contribution in [0.2, 0.25) is 5.02 Å². The molecule has 0 bridgehead atoms. The van der Waals surface area contributed by atoms with E-state index in [9.17, 15) is 4.79 Å². The molecule has 0 atom stereocenters. The Morgan fingerprint density at radius 2 is 2.22 bits per heavy atom. The third kappa shape index (κ3) is 5.54. The molecule has 1 aromatic rings. The third-order valence-electron chi connectivity index (χ3n) is 2.36. The van der Waals surface area contributed by atoms with E-state index in [1.165, 1.54) is 0 Å². The average Bonchev–Trinajstić information content (AvgIpc) is 2.36. The van der Waals surface area contributed by atoms with Crippen LogP contribution in [-0.4, -0.2) is 25.7 Å². The highest BCUT2D eigenvalue weighted by molar-refractivity contribution is 14.1. The molecule has 5 heteroatoms. The van der Waals surface area contributed by atoms with Crippen molar-refractivity contribution >= 4 is 40.1 Å². The molecule has 1 aromatic carbocycles. The maximum absolute atomic E-state index is 11.8. The van der Waals surface area contributed by atoms with Crippen molar-refractivity contribution < 1.29 is 9.53 Å². The van der Waals surface area contributed by atoms with Gasteiger partial charge in [-0.05, 0) is 47.2 Å². The molecule has 100 valence electrons. The predicted molar refractivity (Wildman–Crippen MR) is 82.2 cm³/mol. The zero-order valence-corrected chi connectivity index (χ0v) is 13.3. The Kier molecular flexibility index (Phi) is 7.62. The fourth-order valence-electron chi connectivity index (χ4n) is 1.32. The zero-order valence-electron chi connectivity index (χ0n) is 10.3. The summed E-state index contributed by atoms with van der Waals surface area (Å²) in [6.45, 7) is 3.93. The topological polar surface area (TPSA) is 38.3 Å². The van der Waals surface area contributed by atoms with E-state index in [0.717, 1.165) is 23.0 Å². The molecule has 1 N–H and O–H groups in total. The molecular formula is C13H17ClINO2. The summed E-state index contributed by atoms with van der Waals surface area (Å²) in [5.41, 5.74) is 0.578. The molecule has 1 rings (SSSR count). The highest BCUT2D eigenvalue weighted by Crippen LogP contribution is 2.19. The Balaban J connectivity index is 2.30. The molecule has 0 fully saturated rings. The number of hydrogen-bond acceptors (Lipinski definition) is 2. The third-order valence-corrected chi connectivity index (χ3v) is 3.93. The second-order valence-corrected chi connectivity index (χ2v) is 5.42. The minimum atomic E-state index is -0.118. The van der Waals surface area contributed by atoms with Crippen LogP contribution in [0.3, 0.4) is 0 Å². The Hall–Kier alpha value is -0.330. The highest BCUT2D eigenvalue weighted by atomic mass is 127. The Morgan fingerprint density at radius 3 is 2.89 bits per heavy atom. The van der Waals surface area contributed by atoms with Gasteiger partial charge < -0.3 is 10.1 Å². The molecule has 0 saturated carbocycles. The lowest BCUT2D eigenvalue weighted by Gasteiger charge is -2.07. The lowest BCUT2D eigenvalue weighted by atomic mass is 10.2. The highest BCUT2D eigenvalue weighted by Gasteiger charge is 2.06. The number of unbranched alkanes of at least 4 members (excludes halogenated alkanes) is 1. The van der Waals surface area contributed by atoms with Crippen LogP contribution < -0.4 is 5.32 Å². The summed E-state index contributed by atoms with van der Waals surface area (Å²) in [6.07, 6.45) is 2.17. The first kappa shape index (κ1) is 15.7. The van der Waals surface area contributed by atoms with Crippen LogP contribution in [0.1, 0.15) is 30.1 Å². The number of nitrogens with one attached hydrogen (secondary N) is 1. The van der Waals surface area contributed by atoms with Crippen molar-refractivity contribution in [3.8, 4) is 0 Å². The minimum Gasteiger partial charge on any atom is -0.380 e. The molecule has 0 aromatic heterocycles. The Labute approximate surface area is 126 Å². The number of ether oxygens (including phenoxy) is 1. The van der Waals surface area contributed by atoms with Gasteiger partial charge in [-0.2, -0.15) is 0 Å². The molecule has 0 saturated heterocycles. The minimum absolute atomic E-state index is 0.118. The molecular weight excluding hydrogens is 365 g/mol. The smallest absolute Gasteiger partial charge is 0.251 e. The maximum atomic E-state index is 11.8. The van der Waals surface area contributed by atoms with E-state index in [-0.39, 0.29) is 5.91 Å². The van der Waals surface area contributed by atoms with Gasteiger partial charge in [-0.15, -0.1) is 0 Å². The molecule has 18 heavy (non-hydrogen) atoms. The summed E-state index contributed by atoms with van der Waals surface area (Å²) >= 11 is 8.09. The van der Waals surface area contributed by atoms with Gasteiger partial charge in [0.05, 0.1) is 11.6 Å². The van der Waals surface area contributed by atoms with Crippen LogP contribution in [0.15, 0.2) is 18.2 Å². The molecule has 0 unspecified atom stereocenters. The van der Waals surface area contributed by atoms with Gasteiger partial charge in [-0.3, -0.25) is 4.79 Å². The SMILES string of the molecule is CCCCOCCNC(=O)c1ccc(I)c(Cl)c1. The van der Waals surface area contributed by atoms with E-state index in [2.05, 4.69) is 34.8 Å². The normalized spacial score (nSPS) is 10.4. The van der Waals surface area contributed by atoms with E-state index < -0.39 is 0 Å². The summed E-state index contributed by atoms with van der Waals surface area (Å²) in [5.74, 6) is -0.118. The summed E-state index contributed by atoms with van der Waals surface area (Å²) in [7, 11) is 0. The number of carbonyl (C=O) groups is 1. The van der Waals surface area contributed by atoms with E-state index in [1.54, 1.807) is 12.1 Å². The Bertz CT molecular complexity index is 399. The van der Waals surface area contributed by atoms with Crippen LogP contribution in [-0.2, 0) is 4.74 Å². The predicted octanol–water partition coefficient (Wildman–Crippen LogP) is 3.49. The van der Waals surface area contributed by atoms with Crippen LogP contribution >= 0.6 is 34.2 Å². The van der Waals surface area contributed by atoms with Crippen molar-refractivity contribution in [1.82, 2.24) is 5.32 Å². The van der Waals surface area contributed by atoms with E-state index in [1.807, 2.05) is 6.07 Å². The molecule has 3 nitrogen and oxygen atoms in total. The first-order chi connectivity index (χ1) is 8.65. The fourth-order valence-corrected chi connectivity index (χ4v) is 1.84. The summed E-state index contributed by atoms with van der Waals surface area (Å²) in [6, 6.07) is 5.27. The summed E-state index contributed by atoms with van der Waals surface area (Å²) in [4.78, 5) is 11.8. The lowest BCUT2D eigenvalue weighted by molar-refractivity contribution is 0.0913. The van der Waals surface area contributed by atoms with Crippen LogP contribution in [0, 0.1) is 3.57 Å². The monoisotopic (exact) mass is 381 g/mol. The van der Waals surface area contributed by atoms with Crippen molar-refractivity contribution in [1.29, 1.82) is 0 Å². The quantitative estimate of drug-likeness (QED) is 0.580. The van der Waals surface area contributed by atoms with E-state index in [0.29, 0.717) is 23.7 Å². The molecule has 0 aliphatic heterocycles. The van der Waals surface area contributed by atoms with Gasteiger partial charge in [-0.1, -0.05) is 24.9 Å². The molecule has 0 aliphatic carbocycles. The van der Waals surface area contributed by atoms with Gasteiger partial charge in [0.1, 0.15) is 0 Å². The summed E-state index contributed by atoms with van der Waals surface area (Å²) < 4.78 is 6.30. The number of carbonyl (C=O) groups excluding carboxylic acids is 1. The molecule has 1 amide bonds. The number of amides is 1. The van der Waals surface area contributed by atoms with Crippen molar-refractivity contribution in [2.45, 2.75) is 19.8 Å². The Morgan fingerprint density at radius 1 is 1.44 bits per heavy atom. The molecule has 0 heterocycles. The number of rotatable bonds is 7. The van der Waals surface area contributed by atoms with Crippen LogP contribution in [0.25, 0.3) is 0 Å². The maximum Gasteiger partial charge on any atom is 0.251 e. The molecule has 0 spiro atoms. The largest absolute Gasteiger partial charge is 0.380 e. The van der Waals surface area contributed by atoms with E-state index >= 15 is 0 Å². The van der Waals surface area contributed by atoms with Gasteiger partial charge >= 0.3 is 0 Å². The number of hydrogen-bond donors (Lipinski definition) is 1. The van der Waals surface area contributed by atoms with Crippen LogP contribution in [0.5, 0.6) is 0 Å². The second kappa shape index (κ2) is 8.72. The first-order valence-corrected chi connectivity index (χ1v) is 7.41. The van der Waals surface area contributed by atoms with Gasteiger partial charge in [0.2, 0.25) is 0 Å². The first-order valence-electron chi connectivity index (χ1n) is 5.96. The zero-order chi connectivity index (χ0) is 13.4. The van der Waals surface area contributed by atoms with Crippen LogP contribution in [0.4, 0.5) is 0 Å². The summed E-state index contributed by atoms with van der Waals surface area (Å²) in [5, 5.41) is 3.40. The lowest BCUT2D eigenvalue weighted by Crippen LogP contribution is -2.27. The fraction of sp³-hybridized carbons (Fsp3) is 0.462. The number of benzene rings is 1. The molecule has 0 radical (unpaired) electrons. The van der Waals surface area contributed by atoms with Gasteiger partial charge in [0, 0.05) is 22.3 Å². The molecule has 0 aliphatic rings.